The molecule has 1 saturated carbocycles. The van der Waals surface area contributed by atoms with Crippen molar-refractivity contribution in [2.75, 3.05) is 4.43 Å². The topological polar surface area (TPSA) is 46.5 Å². The van der Waals surface area contributed by atoms with Crippen LogP contribution in [0.1, 0.15) is 53.4 Å². The number of aliphatic hydroxyl groups is 1. The number of hydrogen-bond acceptors (Lipinski definition) is 3. The highest BCUT2D eigenvalue weighted by molar-refractivity contribution is 14.1. The van der Waals surface area contributed by atoms with Crippen LogP contribution in [0.2, 0.25) is 0 Å². The maximum atomic E-state index is 12.0. The maximum absolute atomic E-state index is 12.0. The molecule has 0 heterocycles. The molecule has 0 saturated heterocycles. The fraction of sp³-hybridized carbons (Fsp3) is 0.929. The molecular formula is C14H25IO3. The van der Waals surface area contributed by atoms with E-state index >= 15 is 0 Å². The second-order valence-electron chi connectivity index (χ2n) is 6.55. The Morgan fingerprint density at radius 3 is 2.11 bits per heavy atom. The predicted molar refractivity (Wildman–Crippen MR) is 80.8 cm³/mol. The second-order valence-corrected chi connectivity index (χ2v) is 7.31. The van der Waals surface area contributed by atoms with Crippen LogP contribution >= 0.6 is 22.6 Å². The molecule has 0 atom stereocenters. The number of ether oxygens (including phenoxy) is 1. The second kappa shape index (κ2) is 6.07. The van der Waals surface area contributed by atoms with Gasteiger partial charge in [0.15, 0.2) is 0 Å². The molecule has 106 valence electrons. The van der Waals surface area contributed by atoms with Crippen molar-refractivity contribution in [2.24, 2.45) is 11.3 Å². The normalized spacial score (nSPS) is 25.9. The molecule has 0 unspecified atom stereocenters. The first kappa shape index (κ1) is 16.2. The predicted octanol–water partition coefficient (Wildman–Crippen LogP) is 3.32. The van der Waals surface area contributed by atoms with E-state index in [1.165, 1.54) is 0 Å². The molecule has 0 aromatic heterocycles. The molecule has 4 heteroatoms. The number of halogens is 1. The molecule has 18 heavy (non-hydrogen) atoms. The zero-order valence-electron chi connectivity index (χ0n) is 11.8. The highest BCUT2D eigenvalue weighted by Gasteiger charge is 2.35. The molecule has 0 aliphatic heterocycles. The van der Waals surface area contributed by atoms with E-state index in [-0.39, 0.29) is 12.1 Å². The van der Waals surface area contributed by atoms with Gasteiger partial charge in [0.05, 0.1) is 11.0 Å². The lowest BCUT2D eigenvalue weighted by Gasteiger charge is -2.36. The van der Waals surface area contributed by atoms with Crippen LogP contribution in [0.25, 0.3) is 0 Å². The first-order valence-electron chi connectivity index (χ1n) is 6.66. The Morgan fingerprint density at radius 1 is 1.22 bits per heavy atom. The third kappa shape index (κ3) is 4.37. The van der Waals surface area contributed by atoms with Gasteiger partial charge in [-0.1, -0.05) is 22.6 Å². The number of carbonyl (C=O) groups is 1. The van der Waals surface area contributed by atoms with E-state index in [0.717, 1.165) is 30.1 Å². The van der Waals surface area contributed by atoms with E-state index in [2.05, 4.69) is 22.6 Å². The fourth-order valence-corrected chi connectivity index (χ4v) is 2.56. The first-order valence-corrected chi connectivity index (χ1v) is 8.19. The average molecular weight is 368 g/mol. The SMILES string of the molecule is CC(C)(CI)C(=O)OC1CCC(C(C)(C)O)CC1. The van der Waals surface area contributed by atoms with Gasteiger partial charge in [-0.3, -0.25) is 4.79 Å². The Morgan fingerprint density at radius 2 is 1.72 bits per heavy atom. The molecule has 0 spiro atoms. The minimum Gasteiger partial charge on any atom is -0.462 e. The van der Waals surface area contributed by atoms with Crippen LogP contribution in [-0.4, -0.2) is 27.2 Å². The number of alkyl halides is 1. The van der Waals surface area contributed by atoms with Crippen molar-refractivity contribution in [3.63, 3.8) is 0 Å². The minimum atomic E-state index is -0.615. The minimum absolute atomic E-state index is 0.0401. The number of hydrogen-bond donors (Lipinski definition) is 1. The molecule has 0 aromatic rings. The van der Waals surface area contributed by atoms with E-state index in [1.807, 2.05) is 27.7 Å². The fourth-order valence-electron chi connectivity index (χ4n) is 2.25. The number of esters is 1. The van der Waals surface area contributed by atoms with E-state index in [0.29, 0.717) is 5.92 Å². The number of carbonyl (C=O) groups excluding carboxylic acids is 1. The van der Waals surface area contributed by atoms with Gasteiger partial charge in [0.1, 0.15) is 6.10 Å². The molecule has 1 N–H and O–H groups in total. The molecule has 0 radical (unpaired) electrons. The van der Waals surface area contributed by atoms with Gasteiger partial charge in [-0.15, -0.1) is 0 Å². The summed E-state index contributed by atoms with van der Waals surface area (Å²) in [6.07, 6.45) is 3.66. The van der Waals surface area contributed by atoms with Crippen LogP contribution in [0.5, 0.6) is 0 Å². The van der Waals surface area contributed by atoms with Gasteiger partial charge >= 0.3 is 5.97 Å². The molecule has 3 nitrogen and oxygen atoms in total. The molecule has 0 bridgehead atoms. The van der Waals surface area contributed by atoms with Gasteiger partial charge in [-0.25, -0.2) is 0 Å². The Balaban J connectivity index is 2.43. The highest BCUT2D eigenvalue weighted by Crippen LogP contribution is 2.34. The zero-order chi connectivity index (χ0) is 14.0. The van der Waals surface area contributed by atoms with Crippen molar-refractivity contribution < 1.29 is 14.6 Å². The van der Waals surface area contributed by atoms with Crippen LogP contribution in [0.3, 0.4) is 0 Å². The summed E-state index contributed by atoms with van der Waals surface area (Å²) < 4.78 is 6.35. The summed E-state index contributed by atoms with van der Waals surface area (Å²) in [5.74, 6) is 0.230. The van der Waals surface area contributed by atoms with Crippen molar-refractivity contribution in [1.82, 2.24) is 0 Å². The highest BCUT2D eigenvalue weighted by atomic mass is 127. The van der Waals surface area contributed by atoms with Crippen molar-refractivity contribution in [3.8, 4) is 0 Å². The average Bonchev–Trinajstić information content (AvgIpc) is 2.28. The molecule has 0 aromatic carbocycles. The maximum Gasteiger partial charge on any atom is 0.312 e. The van der Waals surface area contributed by atoms with E-state index in [4.69, 9.17) is 4.74 Å². The molecular weight excluding hydrogens is 343 g/mol. The summed E-state index contributed by atoms with van der Waals surface area (Å²) in [6.45, 7) is 7.57. The quantitative estimate of drug-likeness (QED) is 0.471. The van der Waals surface area contributed by atoms with Crippen LogP contribution < -0.4 is 0 Å². The summed E-state index contributed by atoms with van der Waals surface area (Å²) in [6, 6.07) is 0. The van der Waals surface area contributed by atoms with Crippen molar-refractivity contribution in [2.45, 2.75) is 65.1 Å². The Kier molecular flexibility index (Phi) is 5.47. The van der Waals surface area contributed by atoms with Crippen molar-refractivity contribution in [1.29, 1.82) is 0 Å². The summed E-state index contributed by atoms with van der Waals surface area (Å²) >= 11 is 2.22. The van der Waals surface area contributed by atoms with E-state index < -0.39 is 11.0 Å². The van der Waals surface area contributed by atoms with Gasteiger partial charge in [0, 0.05) is 4.43 Å². The van der Waals surface area contributed by atoms with Gasteiger partial charge < -0.3 is 9.84 Å². The summed E-state index contributed by atoms with van der Waals surface area (Å²) in [7, 11) is 0. The lowest BCUT2D eigenvalue weighted by molar-refractivity contribution is -0.160. The standard InChI is InChI=1S/C14H25IO3/c1-13(2,9-15)12(16)18-11-7-5-10(6-8-11)14(3,4)17/h10-11,17H,5-9H2,1-4H3. The smallest absolute Gasteiger partial charge is 0.312 e. The third-order valence-corrected chi connectivity index (χ3v) is 5.74. The number of rotatable bonds is 4. The van der Waals surface area contributed by atoms with Crippen LogP contribution in [0.15, 0.2) is 0 Å². The van der Waals surface area contributed by atoms with Gasteiger partial charge in [0.2, 0.25) is 0 Å². The van der Waals surface area contributed by atoms with E-state index in [1.54, 1.807) is 0 Å². The van der Waals surface area contributed by atoms with Crippen molar-refractivity contribution >= 4 is 28.6 Å². The van der Waals surface area contributed by atoms with Crippen LogP contribution in [0.4, 0.5) is 0 Å². The Labute approximate surface area is 124 Å². The molecule has 0 amide bonds. The lowest BCUT2D eigenvalue weighted by Crippen LogP contribution is -2.38. The summed E-state index contributed by atoms with van der Waals surface area (Å²) in [5.41, 5.74) is -1.01. The molecule has 1 fully saturated rings. The first-order chi connectivity index (χ1) is 8.16. The lowest BCUT2D eigenvalue weighted by atomic mass is 9.78. The third-order valence-electron chi connectivity index (χ3n) is 3.83. The van der Waals surface area contributed by atoms with Gasteiger partial charge in [0.25, 0.3) is 0 Å². The molecule has 1 aliphatic carbocycles. The summed E-state index contributed by atoms with van der Waals surface area (Å²) in [5, 5.41) is 9.97. The zero-order valence-corrected chi connectivity index (χ0v) is 14.0. The summed E-state index contributed by atoms with van der Waals surface area (Å²) in [4.78, 5) is 12.0. The Hall–Kier alpha value is 0.160. The van der Waals surface area contributed by atoms with Crippen molar-refractivity contribution in [3.05, 3.63) is 0 Å². The molecule has 1 rings (SSSR count). The van der Waals surface area contributed by atoms with Crippen LogP contribution in [-0.2, 0) is 9.53 Å². The van der Waals surface area contributed by atoms with Crippen LogP contribution in [0, 0.1) is 11.3 Å². The monoisotopic (exact) mass is 368 g/mol. The molecule has 1 aliphatic rings. The Bertz CT molecular complexity index is 286. The largest absolute Gasteiger partial charge is 0.462 e. The van der Waals surface area contributed by atoms with Gasteiger partial charge in [-0.2, -0.15) is 0 Å². The van der Waals surface area contributed by atoms with Gasteiger partial charge in [-0.05, 0) is 59.3 Å². The van der Waals surface area contributed by atoms with E-state index in [9.17, 15) is 9.90 Å².